The molecule has 4 aromatic rings. The standard InChI is InChI=1S/C22H23N7O3.CH2O2/c1-31-10-11-32-9-8-29-14-17(20(28-29)19-4-2-3-7-24-19)16-5-6-18(15-12-25-26-13-15)27-21(16)22(23)30;2-1-3/h2-7,12-14H,8-11H2,1H3,(H2,23,30)(H,25,26);1H,(H,2,3). The molecule has 0 saturated heterocycles. The lowest BCUT2D eigenvalue weighted by Gasteiger charge is -2.08. The number of aromatic nitrogens is 6. The molecule has 4 N–H and O–H groups in total. The SMILES string of the molecule is COCCOCCn1cc(-c2ccc(-c3cn[nH]c3)nc2C(N)=O)c(-c2ccccn2)n1.O=CO. The van der Waals surface area contributed by atoms with Gasteiger partial charge in [-0.2, -0.15) is 10.2 Å². The quantitative estimate of drug-likeness (QED) is 0.227. The number of rotatable bonds is 10. The van der Waals surface area contributed by atoms with Gasteiger partial charge in [0, 0.05) is 42.4 Å². The molecule has 1 amide bonds. The van der Waals surface area contributed by atoms with Crippen molar-refractivity contribution < 1.29 is 24.2 Å². The Kier molecular flexibility index (Phi) is 9.16. The van der Waals surface area contributed by atoms with Crippen molar-refractivity contribution in [3.8, 4) is 33.8 Å². The van der Waals surface area contributed by atoms with E-state index < -0.39 is 5.91 Å². The molecule has 0 atom stereocenters. The van der Waals surface area contributed by atoms with Crippen LogP contribution in [-0.2, 0) is 20.8 Å². The summed E-state index contributed by atoms with van der Waals surface area (Å²) in [5.41, 5.74) is 9.79. The Hall–Kier alpha value is -4.42. The van der Waals surface area contributed by atoms with Gasteiger partial charge in [-0.15, -0.1) is 0 Å². The van der Waals surface area contributed by atoms with Crippen molar-refractivity contribution in [2.45, 2.75) is 6.54 Å². The number of aromatic amines is 1. The first kappa shape index (κ1) is 25.2. The number of methoxy groups -OCH3 is 1. The van der Waals surface area contributed by atoms with Gasteiger partial charge in [-0.25, -0.2) is 4.98 Å². The number of hydrogen-bond acceptors (Lipinski definition) is 8. The monoisotopic (exact) mass is 479 g/mol. The van der Waals surface area contributed by atoms with Gasteiger partial charge in [-0.1, -0.05) is 6.07 Å². The fourth-order valence-electron chi connectivity index (χ4n) is 3.24. The molecule has 0 aliphatic carbocycles. The minimum atomic E-state index is -0.632. The highest BCUT2D eigenvalue weighted by molar-refractivity contribution is 6.00. The molecule has 0 aromatic carbocycles. The molecule has 0 aliphatic heterocycles. The van der Waals surface area contributed by atoms with Crippen LogP contribution >= 0.6 is 0 Å². The van der Waals surface area contributed by atoms with E-state index in [4.69, 9.17) is 30.2 Å². The highest BCUT2D eigenvalue weighted by Gasteiger charge is 2.21. The van der Waals surface area contributed by atoms with E-state index in [1.165, 1.54) is 0 Å². The lowest BCUT2D eigenvalue weighted by molar-refractivity contribution is -0.122. The van der Waals surface area contributed by atoms with Gasteiger partial charge < -0.3 is 20.3 Å². The van der Waals surface area contributed by atoms with Gasteiger partial charge >= 0.3 is 0 Å². The number of carboxylic acid groups (broad SMARTS) is 1. The highest BCUT2D eigenvalue weighted by Crippen LogP contribution is 2.33. The molecule has 4 heterocycles. The van der Waals surface area contributed by atoms with Gasteiger partial charge in [0.1, 0.15) is 11.4 Å². The molecule has 0 spiro atoms. The van der Waals surface area contributed by atoms with Gasteiger partial charge in [-0.3, -0.25) is 24.4 Å². The third-order valence-corrected chi connectivity index (χ3v) is 4.78. The van der Waals surface area contributed by atoms with Crippen LogP contribution in [-0.4, -0.2) is 74.4 Å². The van der Waals surface area contributed by atoms with Crippen molar-refractivity contribution in [2.24, 2.45) is 5.73 Å². The zero-order chi connectivity index (χ0) is 25.0. The van der Waals surface area contributed by atoms with E-state index in [-0.39, 0.29) is 12.2 Å². The molecule has 0 unspecified atom stereocenters. The first-order valence-corrected chi connectivity index (χ1v) is 10.5. The fourth-order valence-corrected chi connectivity index (χ4v) is 3.24. The minimum absolute atomic E-state index is 0.150. The number of ether oxygens (including phenoxy) is 2. The number of amides is 1. The predicted octanol–water partition coefficient (Wildman–Crippen LogP) is 1.86. The van der Waals surface area contributed by atoms with Crippen LogP contribution in [0.25, 0.3) is 33.8 Å². The smallest absolute Gasteiger partial charge is 0.290 e. The number of pyridine rings is 2. The summed E-state index contributed by atoms with van der Waals surface area (Å²) in [6.45, 7) is 1.77. The van der Waals surface area contributed by atoms with Crippen molar-refractivity contribution in [3.05, 3.63) is 60.8 Å². The normalized spacial score (nSPS) is 10.4. The number of H-pyrrole nitrogens is 1. The van der Waals surface area contributed by atoms with Crippen LogP contribution in [0.1, 0.15) is 10.5 Å². The van der Waals surface area contributed by atoms with Crippen molar-refractivity contribution in [3.63, 3.8) is 0 Å². The first-order chi connectivity index (χ1) is 17.1. The Morgan fingerprint density at radius 3 is 2.66 bits per heavy atom. The summed E-state index contributed by atoms with van der Waals surface area (Å²) in [6, 6.07) is 9.22. The lowest BCUT2D eigenvalue weighted by atomic mass is 10.0. The molecule has 0 radical (unpaired) electrons. The summed E-state index contributed by atoms with van der Waals surface area (Å²) in [5, 5.41) is 18.3. The number of hydrogen-bond donors (Lipinski definition) is 3. The molecule has 0 saturated carbocycles. The van der Waals surface area contributed by atoms with Crippen LogP contribution in [0.5, 0.6) is 0 Å². The van der Waals surface area contributed by atoms with Gasteiger partial charge in [-0.05, 0) is 24.3 Å². The number of carbonyl (C=O) groups excluding carboxylic acids is 1. The topological polar surface area (TPSA) is 171 Å². The second-order valence-electron chi connectivity index (χ2n) is 7.02. The molecule has 12 heteroatoms. The van der Waals surface area contributed by atoms with Crippen LogP contribution in [0.4, 0.5) is 0 Å². The van der Waals surface area contributed by atoms with Gasteiger partial charge in [0.05, 0.1) is 44.0 Å². The largest absolute Gasteiger partial charge is 0.483 e. The molecule has 0 aliphatic rings. The third-order valence-electron chi connectivity index (χ3n) is 4.78. The number of carbonyl (C=O) groups is 2. The lowest BCUT2D eigenvalue weighted by Crippen LogP contribution is -2.15. The molecule has 4 rings (SSSR count). The number of nitrogens with zero attached hydrogens (tertiary/aromatic N) is 5. The van der Waals surface area contributed by atoms with E-state index in [1.54, 1.807) is 30.4 Å². The third kappa shape index (κ3) is 6.56. The summed E-state index contributed by atoms with van der Waals surface area (Å²) in [7, 11) is 1.63. The molecule has 0 fully saturated rings. The van der Waals surface area contributed by atoms with E-state index in [1.807, 2.05) is 36.5 Å². The zero-order valence-electron chi connectivity index (χ0n) is 19.0. The van der Waals surface area contributed by atoms with Crippen molar-refractivity contribution in [2.75, 3.05) is 26.9 Å². The summed E-state index contributed by atoms with van der Waals surface area (Å²) < 4.78 is 12.3. The molecule has 12 nitrogen and oxygen atoms in total. The molecule has 182 valence electrons. The van der Waals surface area contributed by atoms with Crippen molar-refractivity contribution in [1.29, 1.82) is 0 Å². The fraction of sp³-hybridized carbons (Fsp3) is 0.217. The first-order valence-electron chi connectivity index (χ1n) is 10.5. The average molecular weight is 479 g/mol. The Labute approximate surface area is 200 Å². The van der Waals surface area contributed by atoms with E-state index in [9.17, 15) is 4.79 Å². The molecular weight excluding hydrogens is 454 g/mol. The maximum atomic E-state index is 12.3. The summed E-state index contributed by atoms with van der Waals surface area (Å²) in [6.07, 6.45) is 6.88. The number of primary amides is 1. The molecule has 4 aromatic heterocycles. The van der Waals surface area contributed by atoms with Crippen LogP contribution in [0.3, 0.4) is 0 Å². The van der Waals surface area contributed by atoms with Crippen LogP contribution < -0.4 is 5.73 Å². The average Bonchev–Trinajstić information content (AvgIpc) is 3.55. The van der Waals surface area contributed by atoms with Crippen molar-refractivity contribution >= 4 is 12.4 Å². The van der Waals surface area contributed by atoms with E-state index in [0.717, 1.165) is 5.56 Å². The van der Waals surface area contributed by atoms with E-state index in [0.29, 0.717) is 54.6 Å². The Morgan fingerprint density at radius 2 is 2.00 bits per heavy atom. The van der Waals surface area contributed by atoms with Crippen LogP contribution in [0.2, 0.25) is 0 Å². The Morgan fingerprint density at radius 1 is 1.17 bits per heavy atom. The second-order valence-corrected chi connectivity index (χ2v) is 7.02. The summed E-state index contributed by atoms with van der Waals surface area (Å²) in [4.78, 5) is 29.6. The maximum absolute atomic E-state index is 12.3. The summed E-state index contributed by atoms with van der Waals surface area (Å²) in [5.74, 6) is -0.632. The van der Waals surface area contributed by atoms with E-state index in [2.05, 4.69) is 20.2 Å². The number of nitrogens with two attached hydrogens (primary N) is 1. The molecular formula is C23H25N7O5. The molecule has 0 bridgehead atoms. The minimum Gasteiger partial charge on any atom is -0.483 e. The Bertz CT molecular complexity index is 1230. The molecule has 35 heavy (non-hydrogen) atoms. The van der Waals surface area contributed by atoms with E-state index >= 15 is 0 Å². The summed E-state index contributed by atoms with van der Waals surface area (Å²) >= 11 is 0. The van der Waals surface area contributed by atoms with Gasteiger partial charge in [0.25, 0.3) is 12.4 Å². The van der Waals surface area contributed by atoms with Gasteiger partial charge in [0.2, 0.25) is 0 Å². The zero-order valence-corrected chi connectivity index (χ0v) is 19.0. The highest BCUT2D eigenvalue weighted by atomic mass is 16.5. The Balaban J connectivity index is 0.00000108. The van der Waals surface area contributed by atoms with Crippen LogP contribution in [0.15, 0.2) is 55.1 Å². The van der Waals surface area contributed by atoms with Crippen LogP contribution in [0, 0.1) is 0 Å². The van der Waals surface area contributed by atoms with Gasteiger partial charge in [0.15, 0.2) is 0 Å². The predicted molar refractivity (Wildman–Crippen MR) is 126 cm³/mol. The second kappa shape index (κ2) is 12.7. The van der Waals surface area contributed by atoms with Crippen molar-refractivity contribution in [1.82, 2.24) is 29.9 Å². The maximum Gasteiger partial charge on any atom is 0.290 e. The number of nitrogens with one attached hydrogen (secondary N) is 1.